The van der Waals surface area contributed by atoms with Gasteiger partial charge in [0.2, 0.25) is 0 Å². The van der Waals surface area contributed by atoms with Gasteiger partial charge in [-0.1, -0.05) is 58.1 Å². The van der Waals surface area contributed by atoms with Gasteiger partial charge < -0.3 is 0 Å². The highest BCUT2D eigenvalue weighted by molar-refractivity contribution is 5.00. The second kappa shape index (κ2) is 9.83. The molecule has 78 valence electrons. The summed E-state index contributed by atoms with van der Waals surface area (Å²) in [5, 5.41) is 0. The van der Waals surface area contributed by atoms with Crippen molar-refractivity contribution in [1.82, 2.24) is 0 Å². The van der Waals surface area contributed by atoms with Crippen LogP contribution in [-0.2, 0) is 0 Å². The average Bonchev–Trinajstić information content (AvgIpc) is 2.16. The first-order valence-electron chi connectivity index (χ1n) is 6.03. The minimum absolute atomic E-state index is 1.26. The van der Waals surface area contributed by atoms with Gasteiger partial charge in [0.05, 0.1) is 0 Å². The van der Waals surface area contributed by atoms with Crippen molar-refractivity contribution in [3.8, 4) is 0 Å². The molecule has 0 aliphatic carbocycles. The fourth-order valence-corrected chi connectivity index (χ4v) is 1.54. The van der Waals surface area contributed by atoms with Gasteiger partial charge >= 0.3 is 0 Å². The highest BCUT2D eigenvalue weighted by Gasteiger charge is 1.93. The highest BCUT2D eigenvalue weighted by Crippen LogP contribution is 2.13. The van der Waals surface area contributed by atoms with Gasteiger partial charge in [-0.05, 0) is 25.7 Å². The van der Waals surface area contributed by atoms with Crippen LogP contribution < -0.4 is 0 Å². The van der Waals surface area contributed by atoms with E-state index in [2.05, 4.69) is 26.8 Å². The summed E-state index contributed by atoms with van der Waals surface area (Å²) in [5.74, 6) is 0. The monoisotopic (exact) mass is 182 g/mol. The van der Waals surface area contributed by atoms with Crippen molar-refractivity contribution < 1.29 is 0 Å². The number of unbranched alkanes of at least 4 members (excludes halogenated alkanes) is 4. The van der Waals surface area contributed by atoms with E-state index < -0.39 is 0 Å². The van der Waals surface area contributed by atoms with E-state index in [-0.39, 0.29) is 0 Å². The van der Waals surface area contributed by atoms with Crippen molar-refractivity contribution in [3.05, 3.63) is 11.6 Å². The number of allylic oxidation sites excluding steroid dienone is 2. The zero-order valence-electron chi connectivity index (χ0n) is 9.73. The summed E-state index contributed by atoms with van der Waals surface area (Å²) >= 11 is 0. The van der Waals surface area contributed by atoms with Crippen molar-refractivity contribution in [3.63, 3.8) is 0 Å². The molecule has 0 bridgehead atoms. The lowest BCUT2D eigenvalue weighted by Crippen LogP contribution is -1.83. The van der Waals surface area contributed by atoms with Crippen LogP contribution in [0.2, 0.25) is 0 Å². The quantitative estimate of drug-likeness (QED) is 0.362. The van der Waals surface area contributed by atoms with E-state index in [1.54, 1.807) is 5.57 Å². The second-order valence-electron chi connectivity index (χ2n) is 3.82. The maximum atomic E-state index is 2.47. The molecule has 0 atom stereocenters. The lowest BCUT2D eigenvalue weighted by Gasteiger charge is -2.03. The van der Waals surface area contributed by atoms with Gasteiger partial charge in [0.15, 0.2) is 0 Å². The summed E-state index contributed by atoms with van der Waals surface area (Å²) in [6.45, 7) is 6.81. The fraction of sp³-hybridized carbons (Fsp3) is 0.846. The van der Waals surface area contributed by atoms with Crippen LogP contribution in [0.25, 0.3) is 0 Å². The zero-order valence-corrected chi connectivity index (χ0v) is 9.73. The van der Waals surface area contributed by atoms with Gasteiger partial charge in [0.25, 0.3) is 0 Å². The van der Waals surface area contributed by atoms with Crippen LogP contribution in [0.15, 0.2) is 11.6 Å². The minimum Gasteiger partial charge on any atom is -0.0853 e. The molecule has 0 spiro atoms. The molecule has 0 rings (SSSR count). The van der Waals surface area contributed by atoms with Gasteiger partial charge in [-0.15, -0.1) is 0 Å². The summed E-state index contributed by atoms with van der Waals surface area (Å²) in [6.07, 6.45) is 13.2. The van der Waals surface area contributed by atoms with Gasteiger partial charge in [-0.25, -0.2) is 0 Å². The third-order valence-electron chi connectivity index (χ3n) is 2.55. The van der Waals surface area contributed by atoms with Crippen molar-refractivity contribution in [2.45, 2.75) is 72.1 Å². The minimum atomic E-state index is 1.26. The molecule has 0 aromatic heterocycles. The second-order valence-corrected chi connectivity index (χ2v) is 3.82. The van der Waals surface area contributed by atoms with Crippen LogP contribution in [0, 0.1) is 0 Å². The highest BCUT2D eigenvalue weighted by atomic mass is 14.0. The molecule has 0 aliphatic heterocycles. The maximum absolute atomic E-state index is 2.47. The van der Waals surface area contributed by atoms with Crippen LogP contribution in [0.1, 0.15) is 72.1 Å². The molecule has 0 unspecified atom stereocenters. The molecular weight excluding hydrogens is 156 g/mol. The van der Waals surface area contributed by atoms with Crippen LogP contribution in [-0.4, -0.2) is 0 Å². The molecule has 0 saturated carbocycles. The van der Waals surface area contributed by atoms with Gasteiger partial charge in [0.1, 0.15) is 0 Å². The predicted molar refractivity (Wildman–Crippen MR) is 62.0 cm³/mol. The molecule has 13 heavy (non-hydrogen) atoms. The Labute approximate surface area is 84.4 Å². The summed E-state index contributed by atoms with van der Waals surface area (Å²) < 4.78 is 0. The largest absolute Gasteiger partial charge is 0.0853 e. The molecule has 0 radical (unpaired) electrons. The van der Waals surface area contributed by atoms with E-state index in [9.17, 15) is 0 Å². The first kappa shape index (κ1) is 12.7. The summed E-state index contributed by atoms with van der Waals surface area (Å²) in [7, 11) is 0. The average molecular weight is 182 g/mol. The molecule has 0 aromatic carbocycles. The standard InChI is InChI=1S/C13H26/c1-4-7-9-11-13(6-3)12-10-8-5-2/h11H,4-10,12H2,1-3H3. The molecule has 0 N–H and O–H groups in total. The Balaban J connectivity index is 3.54. The van der Waals surface area contributed by atoms with E-state index in [0.717, 1.165) is 0 Å². The van der Waals surface area contributed by atoms with E-state index in [4.69, 9.17) is 0 Å². The third kappa shape index (κ3) is 8.08. The molecule has 0 heterocycles. The Morgan fingerprint density at radius 3 is 2.15 bits per heavy atom. The SMILES string of the molecule is CCCCC=C(CC)CCCCC. The van der Waals surface area contributed by atoms with Crippen LogP contribution in [0.3, 0.4) is 0 Å². The molecule has 0 amide bonds. The van der Waals surface area contributed by atoms with Crippen molar-refractivity contribution in [2.75, 3.05) is 0 Å². The number of hydrogen-bond acceptors (Lipinski definition) is 0. The smallest absolute Gasteiger partial charge is 0.0320 e. The molecule has 0 heteroatoms. The number of rotatable bonds is 8. The molecule has 0 aliphatic rings. The lowest BCUT2D eigenvalue weighted by atomic mass is 10.0. The normalized spacial score (nSPS) is 12.1. The molecule has 0 saturated heterocycles. The van der Waals surface area contributed by atoms with Crippen molar-refractivity contribution >= 4 is 0 Å². The Bertz CT molecular complexity index is 122. The first-order chi connectivity index (χ1) is 6.35. The predicted octanol–water partition coefficient (Wildman–Crippen LogP) is 5.09. The summed E-state index contributed by atoms with van der Waals surface area (Å²) in [6, 6.07) is 0. The fourth-order valence-electron chi connectivity index (χ4n) is 1.54. The maximum Gasteiger partial charge on any atom is -0.0320 e. The Hall–Kier alpha value is -0.260. The van der Waals surface area contributed by atoms with Crippen LogP contribution in [0.5, 0.6) is 0 Å². The summed E-state index contributed by atoms with van der Waals surface area (Å²) in [4.78, 5) is 0. The van der Waals surface area contributed by atoms with Gasteiger partial charge in [0, 0.05) is 0 Å². The molecular formula is C13H26. The number of hydrogen-bond donors (Lipinski definition) is 0. The molecule has 0 nitrogen and oxygen atoms in total. The van der Waals surface area contributed by atoms with Gasteiger partial charge in [-0.3, -0.25) is 0 Å². The topological polar surface area (TPSA) is 0 Å². The van der Waals surface area contributed by atoms with Gasteiger partial charge in [-0.2, -0.15) is 0 Å². The van der Waals surface area contributed by atoms with Crippen LogP contribution >= 0.6 is 0 Å². The Morgan fingerprint density at radius 1 is 0.923 bits per heavy atom. The van der Waals surface area contributed by atoms with E-state index in [1.807, 2.05) is 0 Å². The third-order valence-corrected chi connectivity index (χ3v) is 2.55. The van der Waals surface area contributed by atoms with Crippen LogP contribution in [0.4, 0.5) is 0 Å². The summed E-state index contributed by atoms with van der Waals surface area (Å²) in [5.41, 5.74) is 1.68. The van der Waals surface area contributed by atoms with E-state index in [0.29, 0.717) is 0 Å². The van der Waals surface area contributed by atoms with Crippen molar-refractivity contribution in [1.29, 1.82) is 0 Å². The lowest BCUT2D eigenvalue weighted by molar-refractivity contribution is 0.696. The Morgan fingerprint density at radius 2 is 1.62 bits per heavy atom. The van der Waals surface area contributed by atoms with Crippen molar-refractivity contribution in [2.24, 2.45) is 0 Å². The molecule has 0 fully saturated rings. The van der Waals surface area contributed by atoms with E-state index in [1.165, 1.54) is 51.4 Å². The zero-order chi connectivity index (χ0) is 9.94. The Kier molecular flexibility index (Phi) is 9.63. The molecule has 0 aromatic rings. The van der Waals surface area contributed by atoms with E-state index >= 15 is 0 Å². The first-order valence-corrected chi connectivity index (χ1v) is 6.03.